The molecule has 5 nitrogen and oxygen atoms in total. The normalized spacial score (nSPS) is 16.5. The molecule has 0 radical (unpaired) electrons. The maximum atomic E-state index is 13.3. The first-order valence-electron chi connectivity index (χ1n) is 7.92. The molecule has 26 heavy (non-hydrogen) atoms. The maximum absolute atomic E-state index is 13.3. The highest BCUT2D eigenvalue weighted by atomic mass is 35.5. The van der Waals surface area contributed by atoms with Gasteiger partial charge in [0, 0.05) is 43.3 Å². The van der Waals surface area contributed by atoms with E-state index in [2.05, 4.69) is 10.6 Å². The zero-order valence-corrected chi connectivity index (χ0v) is 15.8. The van der Waals surface area contributed by atoms with Crippen LogP contribution in [-0.2, 0) is 11.2 Å². The predicted octanol–water partition coefficient (Wildman–Crippen LogP) is 2.27. The van der Waals surface area contributed by atoms with Gasteiger partial charge in [-0.2, -0.15) is 13.2 Å². The highest BCUT2D eigenvalue weighted by Gasteiger charge is 2.43. The van der Waals surface area contributed by atoms with E-state index in [1.807, 2.05) is 0 Å². The fourth-order valence-corrected chi connectivity index (χ4v) is 2.97. The topological polar surface area (TPSA) is 53.6 Å². The molecule has 1 atom stereocenters. The van der Waals surface area contributed by atoms with E-state index in [1.54, 1.807) is 18.2 Å². The average Bonchev–Trinajstić information content (AvgIpc) is 2.55. The number of amides is 1. The number of carbonyl (C=O) groups excluding carboxylic acids is 1. The van der Waals surface area contributed by atoms with Gasteiger partial charge in [0.15, 0.2) is 0 Å². The van der Waals surface area contributed by atoms with Gasteiger partial charge in [-0.1, -0.05) is 11.6 Å². The summed E-state index contributed by atoms with van der Waals surface area (Å²) < 4.78 is 45.1. The fraction of sp³-hybridized carbons (Fsp3) is 0.562. The maximum Gasteiger partial charge on any atom is 0.405 e. The molecule has 1 unspecified atom stereocenters. The number of rotatable bonds is 6. The molecule has 1 aromatic rings. The van der Waals surface area contributed by atoms with Crippen molar-refractivity contribution in [3.8, 4) is 5.75 Å². The van der Waals surface area contributed by atoms with Crippen LogP contribution in [0, 0.1) is 0 Å². The number of alkyl halides is 3. The van der Waals surface area contributed by atoms with Crippen molar-refractivity contribution in [2.45, 2.75) is 18.6 Å². The molecule has 10 heteroatoms. The van der Waals surface area contributed by atoms with E-state index < -0.39 is 24.7 Å². The van der Waals surface area contributed by atoms with Crippen molar-refractivity contribution in [3.63, 3.8) is 0 Å². The summed E-state index contributed by atoms with van der Waals surface area (Å²) in [5, 5.41) is 5.83. The van der Waals surface area contributed by atoms with Crippen LogP contribution in [0.4, 0.5) is 13.2 Å². The van der Waals surface area contributed by atoms with Gasteiger partial charge in [-0.15, -0.1) is 12.4 Å². The summed E-state index contributed by atoms with van der Waals surface area (Å²) in [4.78, 5) is 13.4. The molecule has 148 valence electrons. The molecule has 1 aromatic carbocycles. The second-order valence-electron chi connectivity index (χ2n) is 5.78. The van der Waals surface area contributed by atoms with Crippen molar-refractivity contribution in [1.82, 2.24) is 15.5 Å². The summed E-state index contributed by atoms with van der Waals surface area (Å²) >= 11 is 5.90. The van der Waals surface area contributed by atoms with Crippen molar-refractivity contribution in [2.24, 2.45) is 0 Å². The first-order chi connectivity index (χ1) is 11.8. The molecule has 1 aliphatic heterocycles. The standard InChI is InChI=1S/C16H21ClF3N3O2.ClH/c1-25-13-3-2-12(17)8-11(13)9-15(24)22-10-14(16(18,19)20)23-6-4-21-5-7-23;/h2-3,8,14,21H,4-7,9-10H2,1H3,(H,22,24);1H. The number of hydrogen-bond donors (Lipinski definition) is 2. The van der Waals surface area contributed by atoms with E-state index in [0.29, 0.717) is 42.5 Å². The predicted molar refractivity (Wildman–Crippen MR) is 96.3 cm³/mol. The van der Waals surface area contributed by atoms with Crippen molar-refractivity contribution in [2.75, 3.05) is 39.8 Å². The van der Waals surface area contributed by atoms with Crippen LogP contribution < -0.4 is 15.4 Å². The van der Waals surface area contributed by atoms with Crippen LogP contribution >= 0.6 is 24.0 Å². The van der Waals surface area contributed by atoms with Crippen molar-refractivity contribution >= 4 is 29.9 Å². The summed E-state index contributed by atoms with van der Waals surface area (Å²) in [5.74, 6) is -0.0426. The number of ether oxygens (including phenoxy) is 1. The largest absolute Gasteiger partial charge is 0.496 e. The molecule has 2 rings (SSSR count). The summed E-state index contributed by atoms with van der Waals surface area (Å²) in [5.41, 5.74) is 0.526. The van der Waals surface area contributed by atoms with Crippen molar-refractivity contribution in [3.05, 3.63) is 28.8 Å². The Kier molecular flexibility index (Phi) is 8.95. The second-order valence-corrected chi connectivity index (χ2v) is 6.22. The molecule has 0 aliphatic carbocycles. The van der Waals surface area contributed by atoms with Gasteiger partial charge in [-0.05, 0) is 18.2 Å². The molecular weight excluding hydrogens is 394 g/mol. The van der Waals surface area contributed by atoms with Gasteiger partial charge < -0.3 is 15.4 Å². The summed E-state index contributed by atoms with van der Waals surface area (Å²) in [7, 11) is 1.45. The van der Waals surface area contributed by atoms with Gasteiger partial charge in [0.05, 0.1) is 13.5 Å². The van der Waals surface area contributed by atoms with E-state index in [-0.39, 0.29) is 18.8 Å². The third-order valence-electron chi connectivity index (χ3n) is 4.06. The molecular formula is C16H22Cl2F3N3O2. The zero-order valence-electron chi connectivity index (χ0n) is 14.2. The number of benzene rings is 1. The van der Waals surface area contributed by atoms with Crippen molar-refractivity contribution in [1.29, 1.82) is 0 Å². The van der Waals surface area contributed by atoms with Gasteiger partial charge in [0.25, 0.3) is 0 Å². The smallest absolute Gasteiger partial charge is 0.405 e. The lowest BCUT2D eigenvalue weighted by atomic mass is 10.1. The molecule has 1 amide bonds. The van der Waals surface area contributed by atoms with Gasteiger partial charge in [0.2, 0.25) is 5.91 Å². The molecule has 2 N–H and O–H groups in total. The highest BCUT2D eigenvalue weighted by molar-refractivity contribution is 6.30. The van der Waals surface area contributed by atoms with E-state index >= 15 is 0 Å². The molecule has 1 saturated heterocycles. The Bertz CT molecular complexity index is 597. The molecule has 1 aliphatic rings. The van der Waals surface area contributed by atoms with Crippen LogP contribution in [-0.4, -0.2) is 62.9 Å². The molecule has 0 saturated carbocycles. The molecule has 0 spiro atoms. The number of halogens is 5. The number of carbonyl (C=O) groups is 1. The minimum atomic E-state index is -4.40. The zero-order chi connectivity index (χ0) is 18.4. The van der Waals surface area contributed by atoms with Gasteiger partial charge in [-0.25, -0.2) is 0 Å². The van der Waals surface area contributed by atoms with E-state index in [9.17, 15) is 18.0 Å². The van der Waals surface area contributed by atoms with Crippen LogP contribution in [0.1, 0.15) is 5.56 Å². The SMILES string of the molecule is COc1ccc(Cl)cc1CC(=O)NCC(N1CCNCC1)C(F)(F)F.Cl. The van der Waals surface area contributed by atoms with Crippen LogP contribution in [0.2, 0.25) is 5.02 Å². The number of hydrogen-bond acceptors (Lipinski definition) is 4. The second kappa shape index (κ2) is 10.2. The van der Waals surface area contributed by atoms with Crippen LogP contribution in [0.5, 0.6) is 5.75 Å². The Morgan fingerprint density at radius 2 is 2.04 bits per heavy atom. The first kappa shape index (κ1) is 22.8. The van der Waals surface area contributed by atoms with Gasteiger partial charge >= 0.3 is 6.18 Å². The lowest BCUT2D eigenvalue weighted by molar-refractivity contribution is -0.184. The lowest BCUT2D eigenvalue weighted by Gasteiger charge is -2.35. The van der Waals surface area contributed by atoms with E-state index in [4.69, 9.17) is 16.3 Å². The first-order valence-corrected chi connectivity index (χ1v) is 8.29. The fourth-order valence-electron chi connectivity index (χ4n) is 2.78. The number of methoxy groups -OCH3 is 1. The molecule has 1 heterocycles. The number of piperazine rings is 1. The average molecular weight is 416 g/mol. The van der Waals surface area contributed by atoms with Crippen LogP contribution in [0.3, 0.4) is 0 Å². The molecule has 0 bridgehead atoms. The Labute approximate surface area is 161 Å². The van der Waals surface area contributed by atoms with Gasteiger partial charge in [0.1, 0.15) is 11.8 Å². The lowest BCUT2D eigenvalue weighted by Crippen LogP contribution is -2.57. The Hall–Kier alpha value is -1.22. The van der Waals surface area contributed by atoms with E-state index in [0.717, 1.165) is 0 Å². The van der Waals surface area contributed by atoms with E-state index in [1.165, 1.54) is 12.0 Å². The number of nitrogens with zero attached hydrogens (tertiary/aromatic N) is 1. The Morgan fingerprint density at radius 3 is 2.62 bits per heavy atom. The molecule has 1 fully saturated rings. The summed E-state index contributed by atoms with van der Waals surface area (Å²) in [6, 6.07) is 3.10. The summed E-state index contributed by atoms with van der Waals surface area (Å²) in [6.45, 7) is 1.11. The molecule has 0 aromatic heterocycles. The Morgan fingerprint density at radius 1 is 1.38 bits per heavy atom. The van der Waals surface area contributed by atoms with Crippen LogP contribution in [0.15, 0.2) is 18.2 Å². The monoisotopic (exact) mass is 415 g/mol. The Balaban J connectivity index is 0.00000338. The third kappa shape index (κ3) is 6.50. The van der Waals surface area contributed by atoms with Crippen LogP contribution in [0.25, 0.3) is 0 Å². The van der Waals surface area contributed by atoms with Gasteiger partial charge in [-0.3, -0.25) is 9.69 Å². The van der Waals surface area contributed by atoms with Crippen molar-refractivity contribution < 1.29 is 22.7 Å². The highest BCUT2D eigenvalue weighted by Crippen LogP contribution is 2.25. The minimum Gasteiger partial charge on any atom is -0.496 e. The minimum absolute atomic E-state index is 0. The quantitative estimate of drug-likeness (QED) is 0.748. The summed E-state index contributed by atoms with van der Waals surface area (Å²) in [6.07, 6.45) is -4.51. The third-order valence-corrected chi connectivity index (χ3v) is 4.29. The number of nitrogens with one attached hydrogen (secondary N) is 2.